The van der Waals surface area contributed by atoms with Crippen molar-refractivity contribution >= 4 is 0 Å². The fourth-order valence-corrected chi connectivity index (χ4v) is 2.51. The molecule has 17 heavy (non-hydrogen) atoms. The molecular formula is C13H23N3O. The molecule has 1 aromatic heterocycles. The highest BCUT2D eigenvalue weighted by Gasteiger charge is 2.25. The number of nitrogens with two attached hydrogens (primary N) is 1. The quantitative estimate of drug-likeness (QED) is 0.873. The minimum atomic E-state index is -0.0694. The van der Waals surface area contributed by atoms with Gasteiger partial charge in [-0.25, -0.2) is 0 Å². The Morgan fingerprint density at radius 1 is 1.35 bits per heavy atom. The SMILES string of the molecule is CCCC(N)c1noc(C2CCC(C)CC2)n1. The van der Waals surface area contributed by atoms with Crippen molar-refractivity contribution in [2.45, 2.75) is 64.3 Å². The summed E-state index contributed by atoms with van der Waals surface area (Å²) in [5.41, 5.74) is 5.99. The molecule has 1 heterocycles. The molecule has 0 radical (unpaired) electrons. The van der Waals surface area contributed by atoms with E-state index in [1.165, 1.54) is 25.7 Å². The molecule has 1 aromatic rings. The third kappa shape index (κ3) is 3.06. The fourth-order valence-electron chi connectivity index (χ4n) is 2.51. The summed E-state index contributed by atoms with van der Waals surface area (Å²) in [5.74, 6) is 2.79. The van der Waals surface area contributed by atoms with Crippen molar-refractivity contribution < 1.29 is 4.52 Å². The van der Waals surface area contributed by atoms with E-state index in [9.17, 15) is 0 Å². The van der Waals surface area contributed by atoms with Gasteiger partial charge in [-0.1, -0.05) is 25.4 Å². The van der Waals surface area contributed by atoms with Gasteiger partial charge in [0.1, 0.15) is 0 Å². The first-order valence-electron chi connectivity index (χ1n) is 6.79. The normalized spacial score (nSPS) is 27.0. The van der Waals surface area contributed by atoms with Crippen LogP contribution in [0.2, 0.25) is 0 Å². The molecule has 1 atom stereocenters. The van der Waals surface area contributed by atoms with E-state index < -0.39 is 0 Å². The van der Waals surface area contributed by atoms with E-state index in [0.717, 1.165) is 24.7 Å². The van der Waals surface area contributed by atoms with Gasteiger partial charge in [0, 0.05) is 5.92 Å². The summed E-state index contributed by atoms with van der Waals surface area (Å²) in [6.45, 7) is 4.43. The maximum Gasteiger partial charge on any atom is 0.229 e. The lowest BCUT2D eigenvalue weighted by atomic mass is 9.83. The standard InChI is InChI=1S/C13H23N3O/c1-3-4-11(14)12-15-13(17-16-12)10-7-5-9(2)6-8-10/h9-11H,3-8,14H2,1-2H3. The van der Waals surface area contributed by atoms with Crippen LogP contribution >= 0.6 is 0 Å². The van der Waals surface area contributed by atoms with Gasteiger partial charge in [-0.15, -0.1) is 0 Å². The molecule has 0 amide bonds. The second-order valence-electron chi connectivity index (χ2n) is 5.34. The molecule has 0 aromatic carbocycles. The molecule has 0 aliphatic heterocycles. The first kappa shape index (κ1) is 12.6. The van der Waals surface area contributed by atoms with Crippen LogP contribution in [0.25, 0.3) is 0 Å². The van der Waals surface area contributed by atoms with Gasteiger partial charge in [-0.2, -0.15) is 4.98 Å². The Labute approximate surface area is 103 Å². The molecule has 96 valence electrons. The van der Waals surface area contributed by atoms with Gasteiger partial charge in [0.25, 0.3) is 0 Å². The van der Waals surface area contributed by atoms with E-state index in [1.54, 1.807) is 0 Å². The molecule has 1 fully saturated rings. The summed E-state index contributed by atoms with van der Waals surface area (Å²) in [7, 11) is 0. The molecule has 0 saturated heterocycles. The second kappa shape index (κ2) is 5.63. The van der Waals surface area contributed by atoms with Crippen LogP contribution in [0.1, 0.15) is 76.0 Å². The van der Waals surface area contributed by atoms with Crippen LogP contribution in [0.5, 0.6) is 0 Å². The van der Waals surface area contributed by atoms with Gasteiger partial charge in [0.2, 0.25) is 5.89 Å². The van der Waals surface area contributed by atoms with Crippen LogP contribution in [0.3, 0.4) is 0 Å². The Hall–Kier alpha value is -0.900. The average molecular weight is 237 g/mol. The Morgan fingerprint density at radius 2 is 2.06 bits per heavy atom. The van der Waals surface area contributed by atoms with E-state index >= 15 is 0 Å². The lowest BCUT2D eigenvalue weighted by Gasteiger charge is -2.23. The summed E-state index contributed by atoms with van der Waals surface area (Å²) in [6, 6.07) is -0.0694. The number of aromatic nitrogens is 2. The number of nitrogens with zero attached hydrogens (tertiary/aromatic N) is 2. The van der Waals surface area contributed by atoms with E-state index in [-0.39, 0.29) is 6.04 Å². The van der Waals surface area contributed by atoms with E-state index in [2.05, 4.69) is 24.0 Å². The molecule has 2 rings (SSSR count). The van der Waals surface area contributed by atoms with Crippen LogP contribution in [0.15, 0.2) is 4.52 Å². The maximum atomic E-state index is 5.99. The van der Waals surface area contributed by atoms with Gasteiger partial charge in [0.05, 0.1) is 6.04 Å². The van der Waals surface area contributed by atoms with Crippen LogP contribution < -0.4 is 5.73 Å². The molecule has 1 saturated carbocycles. The predicted molar refractivity (Wildman–Crippen MR) is 66.5 cm³/mol. The van der Waals surface area contributed by atoms with Crippen molar-refractivity contribution in [1.82, 2.24) is 10.1 Å². The van der Waals surface area contributed by atoms with Crippen LogP contribution in [-0.2, 0) is 0 Å². The average Bonchev–Trinajstić information content (AvgIpc) is 2.80. The van der Waals surface area contributed by atoms with E-state index in [0.29, 0.717) is 11.7 Å². The number of hydrogen-bond acceptors (Lipinski definition) is 4. The zero-order chi connectivity index (χ0) is 12.3. The van der Waals surface area contributed by atoms with Gasteiger partial charge in [-0.3, -0.25) is 0 Å². The van der Waals surface area contributed by atoms with Crippen LogP contribution in [0, 0.1) is 5.92 Å². The Bertz CT molecular complexity index is 342. The smallest absolute Gasteiger partial charge is 0.229 e. The second-order valence-corrected chi connectivity index (χ2v) is 5.34. The van der Waals surface area contributed by atoms with Crippen LogP contribution in [-0.4, -0.2) is 10.1 Å². The molecule has 1 aliphatic carbocycles. The van der Waals surface area contributed by atoms with Crippen molar-refractivity contribution in [3.63, 3.8) is 0 Å². The van der Waals surface area contributed by atoms with Crippen molar-refractivity contribution in [3.05, 3.63) is 11.7 Å². The molecule has 1 aliphatic rings. The predicted octanol–water partition coefficient (Wildman–Crippen LogP) is 3.16. The molecule has 0 bridgehead atoms. The number of rotatable bonds is 4. The minimum absolute atomic E-state index is 0.0694. The highest BCUT2D eigenvalue weighted by atomic mass is 16.5. The van der Waals surface area contributed by atoms with Gasteiger partial charge in [-0.05, 0) is 38.0 Å². The Morgan fingerprint density at radius 3 is 2.71 bits per heavy atom. The summed E-state index contributed by atoms with van der Waals surface area (Å²) in [6.07, 6.45) is 6.84. The minimum Gasteiger partial charge on any atom is -0.339 e. The molecule has 4 nitrogen and oxygen atoms in total. The zero-order valence-corrected chi connectivity index (χ0v) is 10.9. The number of hydrogen-bond donors (Lipinski definition) is 1. The van der Waals surface area contributed by atoms with Crippen molar-refractivity contribution in [2.24, 2.45) is 11.7 Å². The van der Waals surface area contributed by atoms with E-state index in [1.807, 2.05) is 0 Å². The first-order valence-corrected chi connectivity index (χ1v) is 6.79. The van der Waals surface area contributed by atoms with Crippen molar-refractivity contribution in [1.29, 1.82) is 0 Å². The monoisotopic (exact) mass is 237 g/mol. The van der Waals surface area contributed by atoms with Crippen molar-refractivity contribution in [3.8, 4) is 0 Å². The first-order chi connectivity index (χ1) is 8.20. The Kier molecular flexibility index (Phi) is 4.15. The molecule has 0 spiro atoms. The summed E-state index contributed by atoms with van der Waals surface area (Å²) >= 11 is 0. The summed E-state index contributed by atoms with van der Waals surface area (Å²) < 4.78 is 5.37. The third-order valence-electron chi connectivity index (χ3n) is 3.75. The molecular weight excluding hydrogens is 214 g/mol. The van der Waals surface area contributed by atoms with Gasteiger partial charge < -0.3 is 10.3 Å². The Balaban J connectivity index is 1.98. The topological polar surface area (TPSA) is 64.9 Å². The zero-order valence-electron chi connectivity index (χ0n) is 10.9. The summed E-state index contributed by atoms with van der Waals surface area (Å²) in [5, 5.41) is 4.02. The van der Waals surface area contributed by atoms with Gasteiger partial charge in [0.15, 0.2) is 5.82 Å². The molecule has 1 unspecified atom stereocenters. The van der Waals surface area contributed by atoms with Crippen LogP contribution in [0.4, 0.5) is 0 Å². The highest BCUT2D eigenvalue weighted by Crippen LogP contribution is 2.34. The van der Waals surface area contributed by atoms with Gasteiger partial charge >= 0.3 is 0 Å². The third-order valence-corrected chi connectivity index (χ3v) is 3.75. The highest BCUT2D eigenvalue weighted by molar-refractivity contribution is 4.99. The molecule has 4 heteroatoms. The van der Waals surface area contributed by atoms with Crippen molar-refractivity contribution in [2.75, 3.05) is 0 Å². The largest absolute Gasteiger partial charge is 0.339 e. The van der Waals surface area contributed by atoms with E-state index in [4.69, 9.17) is 10.3 Å². The summed E-state index contributed by atoms with van der Waals surface area (Å²) in [4.78, 5) is 4.47. The fraction of sp³-hybridized carbons (Fsp3) is 0.846. The lowest BCUT2D eigenvalue weighted by Crippen LogP contribution is -2.13. The molecule has 2 N–H and O–H groups in total. The maximum absolute atomic E-state index is 5.99. The lowest BCUT2D eigenvalue weighted by molar-refractivity contribution is 0.280.